The minimum Gasteiger partial charge on any atom is -0.339 e. The van der Waals surface area contributed by atoms with Crippen LogP contribution in [0, 0.1) is 0 Å². The largest absolute Gasteiger partial charge is 0.446 e. The number of nitrogens with zero attached hydrogens (tertiary/aromatic N) is 4. The van der Waals surface area contributed by atoms with Crippen molar-refractivity contribution in [3.63, 3.8) is 0 Å². The van der Waals surface area contributed by atoms with Gasteiger partial charge in [0.05, 0.1) is 11.3 Å². The highest BCUT2D eigenvalue weighted by molar-refractivity contribution is 8.00. The van der Waals surface area contributed by atoms with E-state index < -0.39 is 23.0 Å². The first-order valence-electron chi connectivity index (χ1n) is 11.2. The van der Waals surface area contributed by atoms with Gasteiger partial charge in [0.25, 0.3) is 11.8 Å². The van der Waals surface area contributed by atoms with Gasteiger partial charge < -0.3 is 9.80 Å². The Kier molecular flexibility index (Phi) is 6.81. The fourth-order valence-corrected chi connectivity index (χ4v) is 4.86. The molecule has 0 spiro atoms. The third kappa shape index (κ3) is 5.14. The number of benzene rings is 1. The highest BCUT2D eigenvalue weighted by Crippen LogP contribution is 2.39. The van der Waals surface area contributed by atoms with Gasteiger partial charge in [0.2, 0.25) is 0 Å². The topological polar surface area (TPSA) is 73.8 Å². The lowest BCUT2D eigenvalue weighted by atomic mass is 10.0. The molecule has 2 aromatic rings. The summed E-state index contributed by atoms with van der Waals surface area (Å²) in [6.07, 6.45) is 5.96. The lowest BCUT2D eigenvalue weighted by Crippen LogP contribution is -2.44. The zero-order chi connectivity index (χ0) is 25.4. The lowest BCUT2D eigenvalue weighted by Gasteiger charge is -2.30. The summed E-state index contributed by atoms with van der Waals surface area (Å²) in [7, 11) is 0. The number of likely N-dealkylation sites (tertiary alicyclic amines) is 1. The van der Waals surface area contributed by atoms with Crippen molar-refractivity contribution in [1.29, 1.82) is 0 Å². The third-order valence-corrected chi connectivity index (χ3v) is 7.00. The maximum Gasteiger partial charge on any atom is 0.446 e. The van der Waals surface area contributed by atoms with Gasteiger partial charge in [-0.25, -0.2) is 9.69 Å². The van der Waals surface area contributed by atoms with Crippen molar-refractivity contribution in [3.05, 3.63) is 53.9 Å². The number of carbonyl (C=O) groups excluding carboxylic acids is 3. The van der Waals surface area contributed by atoms with Crippen LogP contribution in [-0.4, -0.2) is 56.8 Å². The van der Waals surface area contributed by atoms with Crippen LogP contribution in [0.3, 0.4) is 0 Å². The van der Waals surface area contributed by atoms with Crippen LogP contribution in [0.25, 0.3) is 0 Å². The molecular weight excluding hydrogens is 481 g/mol. The molecule has 1 aromatic heterocycles. The van der Waals surface area contributed by atoms with Crippen LogP contribution in [0.15, 0.2) is 47.6 Å². The van der Waals surface area contributed by atoms with Crippen LogP contribution < -0.4 is 4.90 Å². The van der Waals surface area contributed by atoms with Gasteiger partial charge in [-0.2, -0.15) is 13.2 Å². The van der Waals surface area contributed by atoms with E-state index in [1.807, 2.05) is 0 Å². The van der Waals surface area contributed by atoms with Gasteiger partial charge in [-0.05, 0) is 80.8 Å². The summed E-state index contributed by atoms with van der Waals surface area (Å²) < 4.78 is 37.9. The van der Waals surface area contributed by atoms with Crippen LogP contribution in [0.2, 0.25) is 0 Å². The number of amides is 4. The van der Waals surface area contributed by atoms with Crippen molar-refractivity contribution in [2.75, 3.05) is 18.0 Å². The summed E-state index contributed by atoms with van der Waals surface area (Å²) in [6, 6.07) is 6.15. The van der Waals surface area contributed by atoms with E-state index in [0.29, 0.717) is 24.2 Å². The molecule has 3 heterocycles. The minimum atomic E-state index is -4.44. The molecule has 4 rings (SSSR count). The van der Waals surface area contributed by atoms with Crippen molar-refractivity contribution in [1.82, 2.24) is 14.8 Å². The zero-order valence-corrected chi connectivity index (χ0v) is 20.2. The number of anilines is 1. The molecule has 0 atom stereocenters. The number of rotatable bonds is 5. The van der Waals surface area contributed by atoms with E-state index in [1.165, 1.54) is 41.6 Å². The second-order valence-corrected chi connectivity index (χ2v) is 10.1. The summed E-state index contributed by atoms with van der Waals surface area (Å²) >= 11 is -0.269. The van der Waals surface area contributed by atoms with Gasteiger partial charge in [-0.1, -0.05) is 0 Å². The first-order chi connectivity index (χ1) is 16.5. The van der Waals surface area contributed by atoms with E-state index in [4.69, 9.17) is 0 Å². The molecule has 0 aliphatic carbocycles. The van der Waals surface area contributed by atoms with Crippen LogP contribution in [0.1, 0.15) is 49.0 Å². The molecule has 11 heteroatoms. The fraction of sp³-hybridized carbons (Fsp3) is 0.417. The SMILES string of the molecule is CC1(C)C(=O)N(c2ccc(SC(F)(F)F)cc2)C(=O)N1Cc1ccncc1C(=O)N1CCCCC1. The summed E-state index contributed by atoms with van der Waals surface area (Å²) in [6.45, 7) is 4.54. The molecular formula is C24H25F3N4O3S. The zero-order valence-electron chi connectivity index (χ0n) is 19.3. The highest BCUT2D eigenvalue weighted by Gasteiger charge is 2.52. The first-order valence-corrected chi connectivity index (χ1v) is 12.0. The molecule has 2 aliphatic rings. The van der Waals surface area contributed by atoms with Crippen LogP contribution in [-0.2, 0) is 11.3 Å². The van der Waals surface area contributed by atoms with Crippen molar-refractivity contribution >= 4 is 35.3 Å². The molecule has 0 bridgehead atoms. The third-order valence-electron chi connectivity index (χ3n) is 6.27. The van der Waals surface area contributed by atoms with Crippen molar-refractivity contribution in [3.8, 4) is 0 Å². The average molecular weight is 507 g/mol. The lowest BCUT2D eigenvalue weighted by molar-refractivity contribution is -0.123. The molecule has 0 radical (unpaired) electrons. The number of alkyl halides is 3. The van der Waals surface area contributed by atoms with Crippen molar-refractivity contribution < 1.29 is 27.6 Å². The monoisotopic (exact) mass is 506 g/mol. The summed E-state index contributed by atoms with van der Waals surface area (Å²) in [4.78, 5) is 47.9. The number of hydrogen-bond donors (Lipinski definition) is 0. The van der Waals surface area contributed by atoms with Crippen molar-refractivity contribution in [2.45, 2.75) is 55.6 Å². The minimum absolute atomic E-state index is 0.00746. The van der Waals surface area contributed by atoms with Crippen LogP contribution in [0.4, 0.5) is 23.7 Å². The number of carbonyl (C=O) groups is 3. The summed E-state index contributed by atoms with van der Waals surface area (Å²) in [5, 5.41) is 0. The number of imide groups is 1. The molecule has 0 saturated carbocycles. The number of hydrogen-bond acceptors (Lipinski definition) is 5. The molecule has 4 amide bonds. The van der Waals surface area contributed by atoms with E-state index >= 15 is 0 Å². The van der Waals surface area contributed by atoms with Gasteiger partial charge in [-0.15, -0.1) is 0 Å². The van der Waals surface area contributed by atoms with Crippen molar-refractivity contribution in [2.24, 2.45) is 0 Å². The second kappa shape index (κ2) is 9.52. The molecule has 2 fully saturated rings. The number of thioether (sulfide) groups is 1. The average Bonchev–Trinajstić information content (AvgIpc) is 2.98. The number of aromatic nitrogens is 1. The molecule has 1 aromatic carbocycles. The Morgan fingerprint density at radius 3 is 2.34 bits per heavy atom. The van der Waals surface area contributed by atoms with Gasteiger partial charge in [0.1, 0.15) is 5.54 Å². The summed E-state index contributed by atoms with van der Waals surface area (Å²) in [5.41, 5.74) is -4.53. The predicted octanol–water partition coefficient (Wildman–Crippen LogP) is 5.07. The standard InChI is InChI=1S/C24H25F3N4O3S/c1-23(2)21(33)31(17-6-8-18(9-7-17)35-24(25,26)27)22(34)30(23)15-16-10-11-28-14-19(16)20(32)29-12-4-3-5-13-29/h6-11,14H,3-5,12-13,15H2,1-2H3. The Bertz CT molecular complexity index is 1130. The fourth-order valence-electron chi connectivity index (χ4n) is 4.32. The number of urea groups is 1. The maximum atomic E-state index is 13.4. The van der Waals surface area contributed by atoms with E-state index in [1.54, 1.807) is 24.8 Å². The smallest absolute Gasteiger partial charge is 0.339 e. The highest BCUT2D eigenvalue weighted by atomic mass is 32.2. The van der Waals surface area contributed by atoms with Gasteiger partial charge in [-0.3, -0.25) is 14.6 Å². The summed E-state index contributed by atoms with van der Waals surface area (Å²) in [5.74, 6) is -0.658. The number of pyridine rings is 1. The molecule has 0 N–H and O–H groups in total. The van der Waals surface area contributed by atoms with Gasteiger partial charge in [0, 0.05) is 36.9 Å². The second-order valence-electron chi connectivity index (χ2n) is 9.00. The first kappa shape index (κ1) is 25.0. The molecule has 2 aliphatic heterocycles. The number of halogens is 3. The quantitative estimate of drug-likeness (QED) is 0.418. The van der Waals surface area contributed by atoms with E-state index in [9.17, 15) is 27.6 Å². The molecule has 2 saturated heterocycles. The normalized spacial score (nSPS) is 18.4. The Hall–Kier alpha value is -3.08. The van der Waals surface area contributed by atoms with E-state index in [2.05, 4.69) is 4.98 Å². The molecule has 186 valence electrons. The molecule has 0 unspecified atom stereocenters. The van der Waals surface area contributed by atoms with Gasteiger partial charge in [0.15, 0.2) is 0 Å². The van der Waals surface area contributed by atoms with Gasteiger partial charge >= 0.3 is 11.5 Å². The Labute approximate surface area is 205 Å². The van der Waals surface area contributed by atoms with Crippen LogP contribution in [0.5, 0.6) is 0 Å². The Balaban J connectivity index is 1.58. The Morgan fingerprint density at radius 2 is 1.71 bits per heavy atom. The molecule has 7 nitrogen and oxygen atoms in total. The van der Waals surface area contributed by atoms with Crippen LogP contribution >= 0.6 is 11.8 Å². The predicted molar refractivity (Wildman–Crippen MR) is 125 cm³/mol. The Morgan fingerprint density at radius 1 is 1.06 bits per heavy atom. The number of piperidine rings is 1. The van der Waals surface area contributed by atoms with E-state index in [0.717, 1.165) is 24.2 Å². The van der Waals surface area contributed by atoms with E-state index in [-0.39, 0.29) is 34.8 Å². The maximum absolute atomic E-state index is 13.4. The molecule has 35 heavy (non-hydrogen) atoms.